The van der Waals surface area contributed by atoms with Gasteiger partial charge < -0.3 is 5.11 Å². The maximum atomic E-state index is 12.2. The lowest BCUT2D eigenvalue weighted by atomic mass is 10.1. The van der Waals surface area contributed by atoms with Crippen molar-refractivity contribution in [3.63, 3.8) is 0 Å². The number of amides is 1. The van der Waals surface area contributed by atoms with E-state index in [-0.39, 0.29) is 11.1 Å². The zero-order chi connectivity index (χ0) is 15.8. The Morgan fingerprint density at radius 3 is 2.29 bits per heavy atom. The Bertz CT molecular complexity index is 704. The van der Waals surface area contributed by atoms with Crippen molar-refractivity contribution in [1.29, 1.82) is 0 Å². The molecule has 1 aliphatic rings. The highest BCUT2D eigenvalue weighted by Gasteiger charge is 2.53. The van der Waals surface area contributed by atoms with E-state index in [0.717, 1.165) is 0 Å². The number of nitrogens with one attached hydrogen (secondary N) is 1. The van der Waals surface area contributed by atoms with Crippen molar-refractivity contribution in [2.24, 2.45) is 0 Å². The van der Waals surface area contributed by atoms with E-state index in [1.807, 2.05) is 0 Å². The van der Waals surface area contributed by atoms with Crippen LogP contribution in [0.4, 0.5) is 0 Å². The summed E-state index contributed by atoms with van der Waals surface area (Å²) >= 11 is 0. The maximum absolute atomic E-state index is 12.2. The number of carbonyl (C=O) groups is 2. The number of aryl methyl sites for hydroxylation is 1. The molecule has 0 aromatic heterocycles. The molecule has 2 N–H and O–H groups in total. The molecule has 0 bridgehead atoms. The summed E-state index contributed by atoms with van der Waals surface area (Å²) in [6, 6.07) is 4.05. The van der Waals surface area contributed by atoms with Crippen molar-refractivity contribution in [3.8, 4) is 0 Å². The number of carbonyl (C=O) groups excluding carboxylic acids is 1. The van der Waals surface area contributed by atoms with Crippen LogP contribution in [0.1, 0.15) is 52.5 Å². The zero-order valence-electron chi connectivity index (χ0n) is 11.8. The van der Waals surface area contributed by atoms with Crippen LogP contribution < -0.4 is 4.72 Å². The number of benzene rings is 1. The molecule has 7 heteroatoms. The van der Waals surface area contributed by atoms with Crippen molar-refractivity contribution in [3.05, 3.63) is 34.9 Å². The fourth-order valence-electron chi connectivity index (χ4n) is 2.28. The molecule has 0 radical (unpaired) electrons. The van der Waals surface area contributed by atoms with E-state index < -0.39 is 26.6 Å². The molecular formula is C14H17NO5S. The number of aromatic carboxylic acids is 1. The first-order valence-corrected chi connectivity index (χ1v) is 8.11. The summed E-state index contributed by atoms with van der Waals surface area (Å²) < 4.78 is 25.6. The number of hydrogen-bond acceptors (Lipinski definition) is 4. The third-order valence-electron chi connectivity index (χ3n) is 3.84. The second-order valence-corrected chi connectivity index (χ2v) is 7.44. The minimum Gasteiger partial charge on any atom is -0.478 e. The van der Waals surface area contributed by atoms with E-state index in [2.05, 4.69) is 4.72 Å². The molecule has 6 nitrogen and oxygen atoms in total. The highest BCUT2D eigenvalue weighted by atomic mass is 32.2. The maximum Gasteiger partial charge on any atom is 0.335 e. The quantitative estimate of drug-likeness (QED) is 0.862. The summed E-state index contributed by atoms with van der Waals surface area (Å²) in [5.41, 5.74) is 0.561. The van der Waals surface area contributed by atoms with E-state index >= 15 is 0 Å². The van der Waals surface area contributed by atoms with Crippen LogP contribution in [0.5, 0.6) is 0 Å². The topological polar surface area (TPSA) is 101 Å². The third kappa shape index (κ3) is 2.92. The van der Waals surface area contributed by atoms with Gasteiger partial charge in [-0.3, -0.25) is 4.79 Å². The lowest BCUT2D eigenvalue weighted by molar-refractivity contribution is 0.0696. The molecular weight excluding hydrogens is 294 g/mol. The minimum atomic E-state index is -3.74. The van der Waals surface area contributed by atoms with Gasteiger partial charge in [0.25, 0.3) is 5.91 Å². The van der Waals surface area contributed by atoms with Gasteiger partial charge in [0.05, 0.1) is 10.3 Å². The molecule has 1 saturated carbocycles. The first-order chi connectivity index (χ1) is 9.71. The number of rotatable bonds is 5. The van der Waals surface area contributed by atoms with Crippen LogP contribution in [0.15, 0.2) is 18.2 Å². The molecule has 1 aromatic rings. The Balaban J connectivity index is 2.27. The van der Waals surface area contributed by atoms with E-state index in [4.69, 9.17) is 5.11 Å². The zero-order valence-corrected chi connectivity index (χ0v) is 12.7. The predicted molar refractivity (Wildman–Crippen MR) is 76.8 cm³/mol. The van der Waals surface area contributed by atoms with Crippen LogP contribution in [0.25, 0.3) is 0 Å². The molecule has 1 fully saturated rings. The molecule has 114 valence electrons. The Labute approximate surface area is 123 Å². The second-order valence-electron chi connectivity index (χ2n) is 5.36. The molecule has 1 aliphatic carbocycles. The van der Waals surface area contributed by atoms with E-state index in [1.54, 1.807) is 13.8 Å². The van der Waals surface area contributed by atoms with Gasteiger partial charge >= 0.3 is 5.97 Å². The molecule has 0 unspecified atom stereocenters. The molecule has 0 saturated heterocycles. The highest BCUT2D eigenvalue weighted by Crippen LogP contribution is 2.45. The van der Waals surface area contributed by atoms with Gasteiger partial charge in [-0.05, 0) is 49.9 Å². The van der Waals surface area contributed by atoms with Crippen LogP contribution in [0, 0.1) is 6.92 Å². The Kier molecular flexibility index (Phi) is 3.79. The van der Waals surface area contributed by atoms with Crippen molar-refractivity contribution in [1.82, 2.24) is 4.72 Å². The standard InChI is InChI=1S/C14H17NO5S/c1-3-14(4-5-14)21(19,20)15-12(16)10-6-9(2)7-11(8-10)13(17)18/h6-8H,3-5H2,1-2H3,(H,15,16)(H,17,18). The van der Waals surface area contributed by atoms with Gasteiger partial charge in [-0.1, -0.05) is 6.92 Å². The lowest BCUT2D eigenvalue weighted by Gasteiger charge is -2.15. The third-order valence-corrected chi connectivity index (χ3v) is 6.13. The summed E-state index contributed by atoms with van der Waals surface area (Å²) in [5.74, 6) is -1.95. The first kappa shape index (κ1) is 15.5. The molecule has 2 rings (SSSR count). The number of sulfonamides is 1. The monoisotopic (exact) mass is 311 g/mol. The van der Waals surface area contributed by atoms with Crippen molar-refractivity contribution >= 4 is 21.9 Å². The van der Waals surface area contributed by atoms with Gasteiger partial charge in [-0.15, -0.1) is 0 Å². The van der Waals surface area contributed by atoms with Gasteiger partial charge in [-0.25, -0.2) is 17.9 Å². The average Bonchev–Trinajstić information content (AvgIpc) is 3.18. The fraction of sp³-hybridized carbons (Fsp3) is 0.429. The van der Waals surface area contributed by atoms with Gasteiger partial charge in [0.1, 0.15) is 0 Å². The molecule has 0 heterocycles. The Morgan fingerprint density at radius 1 is 1.24 bits per heavy atom. The van der Waals surface area contributed by atoms with Crippen LogP contribution in [-0.2, 0) is 10.0 Å². The Hall–Kier alpha value is -1.89. The van der Waals surface area contributed by atoms with Crippen molar-refractivity contribution in [2.75, 3.05) is 0 Å². The summed E-state index contributed by atoms with van der Waals surface area (Å²) in [4.78, 5) is 23.1. The van der Waals surface area contributed by atoms with E-state index in [1.165, 1.54) is 18.2 Å². The van der Waals surface area contributed by atoms with Crippen molar-refractivity contribution in [2.45, 2.75) is 37.9 Å². The molecule has 1 aromatic carbocycles. The highest BCUT2D eigenvalue weighted by molar-refractivity contribution is 7.91. The van der Waals surface area contributed by atoms with Crippen LogP contribution >= 0.6 is 0 Å². The van der Waals surface area contributed by atoms with Crippen LogP contribution in [0.3, 0.4) is 0 Å². The molecule has 1 amide bonds. The molecule has 0 spiro atoms. The number of hydrogen-bond donors (Lipinski definition) is 2. The lowest BCUT2D eigenvalue weighted by Crippen LogP contribution is -2.39. The van der Waals surface area contributed by atoms with Gasteiger partial charge in [0, 0.05) is 5.56 Å². The SMILES string of the molecule is CCC1(S(=O)(=O)NC(=O)c2cc(C)cc(C(=O)O)c2)CC1. The van der Waals surface area contributed by atoms with E-state index in [9.17, 15) is 18.0 Å². The number of carboxylic acid groups (broad SMARTS) is 1. The largest absolute Gasteiger partial charge is 0.478 e. The number of carboxylic acids is 1. The van der Waals surface area contributed by atoms with E-state index in [0.29, 0.717) is 24.8 Å². The van der Waals surface area contributed by atoms with Gasteiger partial charge in [-0.2, -0.15) is 0 Å². The van der Waals surface area contributed by atoms with Crippen LogP contribution in [-0.4, -0.2) is 30.1 Å². The predicted octanol–water partition coefficient (Wildman–Crippen LogP) is 1.70. The van der Waals surface area contributed by atoms with Crippen molar-refractivity contribution < 1.29 is 23.1 Å². The second kappa shape index (κ2) is 5.14. The van der Waals surface area contributed by atoms with Gasteiger partial charge in [0.15, 0.2) is 0 Å². The summed E-state index contributed by atoms with van der Waals surface area (Å²) in [6.07, 6.45) is 1.53. The molecule has 21 heavy (non-hydrogen) atoms. The fourth-order valence-corrected chi connectivity index (χ4v) is 3.88. The van der Waals surface area contributed by atoms with Crippen LogP contribution in [0.2, 0.25) is 0 Å². The minimum absolute atomic E-state index is 0.0304. The smallest absolute Gasteiger partial charge is 0.335 e. The summed E-state index contributed by atoms with van der Waals surface area (Å²) in [6.45, 7) is 3.41. The van der Waals surface area contributed by atoms with Gasteiger partial charge in [0.2, 0.25) is 10.0 Å². The summed E-state index contributed by atoms with van der Waals surface area (Å²) in [7, 11) is -3.74. The molecule has 0 aliphatic heterocycles. The summed E-state index contributed by atoms with van der Waals surface area (Å²) in [5, 5.41) is 8.98. The average molecular weight is 311 g/mol. The Morgan fingerprint density at radius 2 is 1.81 bits per heavy atom. The normalized spacial score (nSPS) is 16.3. The molecule has 0 atom stereocenters. The first-order valence-electron chi connectivity index (χ1n) is 6.62.